The van der Waals surface area contributed by atoms with Crippen molar-refractivity contribution in [3.63, 3.8) is 0 Å². The predicted molar refractivity (Wildman–Crippen MR) is 127 cm³/mol. The van der Waals surface area contributed by atoms with E-state index in [2.05, 4.69) is 15.4 Å². The van der Waals surface area contributed by atoms with E-state index >= 15 is 0 Å². The maximum atomic E-state index is 14.0. The van der Waals surface area contributed by atoms with Crippen LogP contribution in [-0.2, 0) is 4.74 Å². The second-order valence-electron chi connectivity index (χ2n) is 8.71. The van der Waals surface area contributed by atoms with Crippen molar-refractivity contribution in [3.05, 3.63) is 66.4 Å². The molecular formula is C24H27ClFN5O2. The van der Waals surface area contributed by atoms with Crippen molar-refractivity contribution in [3.8, 4) is 5.69 Å². The number of benzene rings is 1. The van der Waals surface area contributed by atoms with Crippen LogP contribution in [-0.4, -0.2) is 39.5 Å². The number of nitrogens with one attached hydrogen (secondary N) is 1. The summed E-state index contributed by atoms with van der Waals surface area (Å²) in [5.41, 5.74) is 1.74. The minimum Gasteiger partial charge on any atom is -0.441 e. The smallest absolute Gasteiger partial charge is 0.415 e. The number of para-hydroxylation sites is 1. The lowest BCUT2D eigenvalue weighted by molar-refractivity contribution is 0.0148. The average molecular weight is 472 g/mol. The molecule has 2 fully saturated rings. The predicted octanol–water partition coefficient (Wildman–Crippen LogP) is 5.13. The molecule has 0 radical (unpaired) electrons. The van der Waals surface area contributed by atoms with Gasteiger partial charge in [0.15, 0.2) is 0 Å². The van der Waals surface area contributed by atoms with Gasteiger partial charge >= 0.3 is 6.09 Å². The van der Waals surface area contributed by atoms with E-state index in [0.29, 0.717) is 18.2 Å². The van der Waals surface area contributed by atoms with Gasteiger partial charge < -0.3 is 10.1 Å². The largest absolute Gasteiger partial charge is 0.441 e. The standard InChI is InChI=1S/C24H26FN5O2.ClH/c1-17-14-19(8-12-26-17)29-16-24(32-23(29)31)10-6-18(7-11-24)15-27-22-9-13-30(28-22)21-5-3-2-4-20(21)25;/h2-5,8-9,12-14,18H,6-7,10-11,15-16H2,1H3,(H,27,28);1H/t18-,24-;. The Morgan fingerprint density at radius 2 is 2.00 bits per heavy atom. The maximum Gasteiger partial charge on any atom is 0.415 e. The number of amides is 1. The second-order valence-corrected chi connectivity index (χ2v) is 8.71. The highest BCUT2D eigenvalue weighted by atomic mass is 35.5. The Labute approximate surface area is 198 Å². The lowest BCUT2D eigenvalue weighted by atomic mass is 9.78. The molecule has 1 amide bonds. The molecule has 33 heavy (non-hydrogen) atoms. The van der Waals surface area contributed by atoms with Crippen LogP contribution >= 0.6 is 12.4 Å². The number of hydrogen-bond acceptors (Lipinski definition) is 5. The molecule has 0 atom stereocenters. The lowest BCUT2D eigenvalue weighted by Crippen LogP contribution is -2.39. The Hall–Kier alpha value is -3.13. The van der Waals surface area contributed by atoms with Crippen LogP contribution in [0.4, 0.5) is 20.7 Å². The number of rotatable bonds is 5. The summed E-state index contributed by atoms with van der Waals surface area (Å²) in [5.74, 6) is 0.886. The van der Waals surface area contributed by atoms with Gasteiger partial charge in [0.25, 0.3) is 0 Å². The van der Waals surface area contributed by atoms with Crippen molar-refractivity contribution < 1.29 is 13.9 Å². The topological polar surface area (TPSA) is 72.3 Å². The summed E-state index contributed by atoms with van der Waals surface area (Å²) in [7, 11) is 0. The summed E-state index contributed by atoms with van der Waals surface area (Å²) >= 11 is 0. The summed E-state index contributed by atoms with van der Waals surface area (Å²) in [6.07, 6.45) is 6.83. The molecule has 1 N–H and O–H groups in total. The van der Waals surface area contributed by atoms with Crippen molar-refractivity contribution in [2.24, 2.45) is 5.92 Å². The van der Waals surface area contributed by atoms with Crippen molar-refractivity contribution in [2.75, 3.05) is 23.3 Å². The van der Waals surface area contributed by atoms with Gasteiger partial charge in [-0.2, -0.15) is 5.10 Å². The highest BCUT2D eigenvalue weighted by molar-refractivity contribution is 5.90. The number of aryl methyl sites for hydroxylation is 1. The van der Waals surface area contributed by atoms with Gasteiger partial charge in [0.1, 0.15) is 22.9 Å². The van der Waals surface area contributed by atoms with Gasteiger partial charge in [-0.25, -0.2) is 13.9 Å². The number of carbonyl (C=O) groups is 1. The van der Waals surface area contributed by atoms with E-state index in [0.717, 1.165) is 49.4 Å². The summed E-state index contributed by atoms with van der Waals surface area (Å²) in [6, 6.07) is 12.2. The van der Waals surface area contributed by atoms with E-state index in [9.17, 15) is 9.18 Å². The fourth-order valence-corrected chi connectivity index (χ4v) is 4.63. The van der Waals surface area contributed by atoms with Crippen molar-refractivity contribution in [1.82, 2.24) is 14.8 Å². The minimum atomic E-state index is -0.406. The quantitative estimate of drug-likeness (QED) is 0.558. The van der Waals surface area contributed by atoms with Gasteiger partial charge in [0.05, 0.1) is 12.2 Å². The number of ether oxygens (including phenoxy) is 1. The van der Waals surface area contributed by atoms with Crippen LogP contribution in [0, 0.1) is 18.7 Å². The van der Waals surface area contributed by atoms with Crippen molar-refractivity contribution >= 4 is 30.0 Å². The van der Waals surface area contributed by atoms with Crippen LogP contribution in [0.25, 0.3) is 5.69 Å². The first-order chi connectivity index (χ1) is 15.5. The first kappa shape index (κ1) is 23.0. The summed E-state index contributed by atoms with van der Waals surface area (Å²) < 4.78 is 21.4. The van der Waals surface area contributed by atoms with Crippen LogP contribution < -0.4 is 10.2 Å². The van der Waals surface area contributed by atoms with Crippen molar-refractivity contribution in [1.29, 1.82) is 0 Å². The molecule has 0 unspecified atom stereocenters. The molecular weight excluding hydrogens is 445 g/mol. The molecule has 2 aromatic heterocycles. The van der Waals surface area contributed by atoms with E-state index in [4.69, 9.17) is 4.74 Å². The third-order valence-corrected chi connectivity index (χ3v) is 6.44. The lowest BCUT2D eigenvalue weighted by Gasteiger charge is -2.35. The Morgan fingerprint density at radius 1 is 1.21 bits per heavy atom. The Balaban J connectivity index is 0.00000259. The Bertz CT molecular complexity index is 1130. The highest BCUT2D eigenvalue weighted by Gasteiger charge is 2.47. The molecule has 3 heterocycles. The fraction of sp³-hybridized carbons (Fsp3) is 0.375. The van der Waals surface area contributed by atoms with Gasteiger partial charge in [-0.3, -0.25) is 9.88 Å². The molecule has 7 nitrogen and oxygen atoms in total. The van der Waals surface area contributed by atoms with Gasteiger partial charge in [0.2, 0.25) is 0 Å². The van der Waals surface area contributed by atoms with E-state index in [-0.39, 0.29) is 24.3 Å². The molecule has 1 aromatic carbocycles. The number of aromatic nitrogens is 3. The molecule has 5 rings (SSSR count). The number of anilines is 2. The first-order valence-corrected chi connectivity index (χ1v) is 11.0. The molecule has 3 aromatic rings. The Morgan fingerprint density at radius 3 is 2.76 bits per heavy atom. The number of hydrogen-bond donors (Lipinski definition) is 1. The summed E-state index contributed by atoms with van der Waals surface area (Å²) in [4.78, 5) is 18.5. The minimum absolute atomic E-state index is 0. The molecule has 1 spiro atoms. The van der Waals surface area contributed by atoms with Gasteiger partial charge in [-0.1, -0.05) is 12.1 Å². The molecule has 1 saturated heterocycles. The van der Waals surface area contributed by atoms with Crippen LogP contribution in [0.1, 0.15) is 31.4 Å². The monoisotopic (exact) mass is 471 g/mol. The number of pyridine rings is 1. The van der Waals surface area contributed by atoms with E-state index in [1.807, 2.05) is 25.1 Å². The van der Waals surface area contributed by atoms with E-state index in [1.165, 1.54) is 6.07 Å². The van der Waals surface area contributed by atoms with Crippen LogP contribution in [0.15, 0.2) is 54.9 Å². The zero-order valence-corrected chi connectivity index (χ0v) is 19.2. The normalized spacial score (nSPS) is 22.2. The third-order valence-electron chi connectivity index (χ3n) is 6.44. The Kier molecular flexibility index (Phi) is 6.56. The molecule has 1 aliphatic carbocycles. The van der Waals surface area contributed by atoms with E-state index < -0.39 is 5.60 Å². The van der Waals surface area contributed by atoms with E-state index in [1.54, 1.807) is 40.2 Å². The number of nitrogens with zero attached hydrogens (tertiary/aromatic N) is 4. The van der Waals surface area contributed by atoms with Gasteiger partial charge in [-0.15, -0.1) is 12.4 Å². The summed E-state index contributed by atoms with van der Waals surface area (Å²) in [5, 5.41) is 7.81. The summed E-state index contributed by atoms with van der Waals surface area (Å²) in [6.45, 7) is 3.28. The number of carbonyl (C=O) groups excluding carboxylic acids is 1. The van der Waals surface area contributed by atoms with Crippen LogP contribution in [0.5, 0.6) is 0 Å². The maximum absolute atomic E-state index is 14.0. The van der Waals surface area contributed by atoms with Gasteiger partial charge in [0, 0.05) is 30.7 Å². The van der Waals surface area contributed by atoms with Crippen LogP contribution in [0.2, 0.25) is 0 Å². The van der Waals surface area contributed by atoms with Crippen LogP contribution in [0.3, 0.4) is 0 Å². The second kappa shape index (κ2) is 9.39. The molecule has 1 aliphatic heterocycles. The molecule has 9 heteroatoms. The number of halogens is 2. The molecule has 2 aliphatic rings. The fourth-order valence-electron chi connectivity index (χ4n) is 4.63. The molecule has 174 valence electrons. The van der Waals surface area contributed by atoms with Crippen molar-refractivity contribution in [2.45, 2.75) is 38.2 Å². The highest BCUT2D eigenvalue weighted by Crippen LogP contribution is 2.40. The molecule has 1 saturated carbocycles. The average Bonchev–Trinajstić information content (AvgIpc) is 3.38. The van der Waals surface area contributed by atoms with Gasteiger partial charge in [-0.05, 0) is 62.8 Å². The zero-order chi connectivity index (χ0) is 22.1. The SMILES string of the molecule is Cc1cc(N2C[C@]3(CC[C@@H](CNc4ccn(-c5ccccc5F)n4)CC3)OC2=O)ccn1.Cl. The first-order valence-electron chi connectivity index (χ1n) is 11.0. The molecule has 0 bridgehead atoms. The third kappa shape index (κ3) is 4.80. The zero-order valence-electron chi connectivity index (χ0n) is 18.4.